The summed E-state index contributed by atoms with van der Waals surface area (Å²) in [7, 11) is 0. The second-order valence-electron chi connectivity index (χ2n) is 5.79. The van der Waals surface area contributed by atoms with Gasteiger partial charge in [-0.1, -0.05) is 45.0 Å². The van der Waals surface area contributed by atoms with Gasteiger partial charge in [0.25, 0.3) is 0 Å². The second-order valence-corrected chi connectivity index (χ2v) is 5.79. The van der Waals surface area contributed by atoms with Crippen molar-refractivity contribution in [3.05, 3.63) is 29.8 Å². The van der Waals surface area contributed by atoms with E-state index in [1.807, 2.05) is 31.2 Å². The van der Waals surface area contributed by atoms with Crippen molar-refractivity contribution < 1.29 is 4.79 Å². The highest BCUT2D eigenvalue weighted by Gasteiger charge is 2.13. The van der Waals surface area contributed by atoms with Gasteiger partial charge in [0.1, 0.15) is 6.54 Å². The molecule has 6 nitrogen and oxygen atoms in total. The van der Waals surface area contributed by atoms with Crippen LogP contribution < -0.4 is 5.32 Å². The molecular formula is C16H23N5O. The Morgan fingerprint density at radius 2 is 1.91 bits per heavy atom. The summed E-state index contributed by atoms with van der Waals surface area (Å²) in [5.74, 6) is 0.819. The van der Waals surface area contributed by atoms with Gasteiger partial charge in [-0.15, -0.1) is 10.2 Å². The molecule has 2 aromatic rings. The Bertz CT molecular complexity index is 618. The molecule has 0 aliphatic carbocycles. The topological polar surface area (TPSA) is 72.7 Å². The number of nitrogens with one attached hydrogen (secondary N) is 1. The number of aromatic nitrogens is 4. The average Bonchev–Trinajstić information content (AvgIpc) is 2.95. The third-order valence-corrected chi connectivity index (χ3v) is 3.75. The average molecular weight is 301 g/mol. The van der Waals surface area contributed by atoms with Crippen LogP contribution in [0.3, 0.4) is 0 Å². The molecule has 1 heterocycles. The normalized spacial score (nSPS) is 12.4. The Kier molecular flexibility index (Phi) is 5.25. The van der Waals surface area contributed by atoms with E-state index in [4.69, 9.17) is 0 Å². The van der Waals surface area contributed by atoms with E-state index in [1.165, 1.54) is 10.4 Å². The van der Waals surface area contributed by atoms with E-state index < -0.39 is 0 Å². The number of nitrogens with zero attached hydrogens (tertiary/aromatic N) is 4. The molecule has 0 radical (unpaired) electrons. The summed E-state index contributed by atoms with van der Waals surface area (Å²) < 4.78 is 0. The van der Waals surface area contributed by atoms with Crippen molar-refractivity contribution in [2.75, 3.05) is 0 Å². The molecule has 0 bridgehead atoms. The molecule has 22 heavy (non-hydrogen) atoms. The van der Waals surface area contributed by atoms with Crippen LogP contribution in [-0.2, 0) is 17.8 Å². The van der Waals surface area contributed by atoms with Gasteiger partial charge in [-0.2, -0.15) is 4.80 Å². The molecule has 1 aromatic carbocycles. The second kappa shape index (κ2) is 7.15. The molecule has 1 atom stereocenters. The summed E-state index contributed by atoms with van der Waals surface area (Å²) in [6, 6.07) is 8.17. The van der Waals surface area contributed by atoms with Crippen LogP contribution in [0.25, 0.3) is 11.4 Å². The number of tetrazole rings is 1. The van der Waals surface area contributed by atoms with Crippen LogP contribution >= 0.6 is 0 Å². The highest BCUT2D eigenvalue weighted by molar-refractivity contribution is 5.75. The van der Waals surface area contributed by atoms with Gasteiger partial charge < -0.3 is 5.32 Å². The lowest BCUT2D eigenvalue weighted by molar-refractivity contribution is -0.123. The van der Waals surface area contributed by atoms with Crippen LogP contribution in [0.15, 0.2) is 24.3 Å². The van der Waals surface area contributed by atoms with Crippen molar-refractivity contribution in [1.82, 2.24) is 25.5 Å². The first kappa shape index (κ1) is 16.1. The molecule has 6 heteroatoms. The molecule has 0 fully saturated rings. The molecule has 0 aliphatic heterocycles. The quantitative estimate of drug-likeness (QED) is 0.886. The minimum atomic E-state index is -0.105. The van der Waals surface area contributed by atoms with Crippen LogP contribution in [0.5, 0.6) is 0 Å². The summed E-state index contributed by atoms with van der Waals surface area (Å²) in [6.07, 6.45) is 0.995. The predicted molar refractivity (Wildman–Crippen MR) is 85.1 cm³/mol. The maximum Gasteiger partial charge on any atom is 0.243 e. The van der Waals surface area contributed by atoms with Gasteiger partial charge in [-0.05, 0) is 30.0 Å². The van der Waals surface area contributed by atoms with Gasteiger partial charge in [0, 0.05) is 11.6 Å². The van der Waals surface area contributed by atoms with Gasteiger partial charge in [-0.3, -0.25) is 4.79 Å². The van der Waals surface area contributed by atoms with Crippen molar-refractivity contribution >= 4 is 5.91 Å². The Balaban J connectivity index is 2.00. The fourth-order valence-electron chi connectivity index (χ4n) is 1.91. The van der Waals surface area contributed by atoms with E-state index in [0.29, 0.717) is 11.7 Å². The van der Waals surface area contributed by atoms with Gasteiger partial charge in [0.05, 0.1) is 0 Å². The fourth-order valence-corrected chi connectivity index (χ4v) is 1.91. The number of carbonyl (C=O) groups is 1. The lowest BCUT2D eigenvalue weighted by Gasteiger charge is -2.16. The predicted octanol–water partition coefficient (Wildman–Crippen LogP) is 2.06. The highest BCUT2D eigenvalue weighted by Crippen LogP contribution is 2.14. The number of amides is 1. The molecule has 118 valence electrons. The van der Waals surface area contributed by atoms with Gasteiger partial charge in [0.2, 0.25) is 11.7 Å². The highest BCUT2D eigenvalue weighted by atomic mass is 16.2. The standard InChI is InChI=1S/C16H23N5O/c1-5-13-6-8-14(9-7-13)16-18-20-21(19-16)10-15(22)17-12(4)11(2)3/h6-9,11-12H,5,10H2,1-4H3,(H,17,22)/t12-/m0/s1. The molecular weight excluding hydrogens is 278 g/mol. The largest absolute Gasteiger partial charge is 0.352 e. The van der Waals surface area contributed by atoms with E-state index in [2.05, 4.69) is 41.5 Å². The van der Waals surface area contributed by atoms with Crippen molar-refractivity contribution in [3.63, 3.8) is 0 Å². The molecule has 0 spiro atoms. The van der Waals surface area contributed by atoms with Crippen molar-refractivity contribution in [2.24, 2.45) is 5.92 Å². The summed E-state index contributed by atoms with van der Waals surface area (Å²) in [4.78, 5) is 13.2. The number of hydrogen-bond acceptors (Lipinski definition) is 4. The van der Waals surface area contributed by atoms with Gasteiger partial charge in [0.15, 0.2) is 0 Å². The Labute approximate surface area is 130 Å². The summed E-state index contributed by atoms with van der Waals surface area (Å²) >= 11 is 0. The maximum absolute atomic E-state index is 11.9. The summed E-state index contributed by atoms with van der Waals surface area (Å²) in [6.45, 7) is 8.31. The summed E-state index contributed by atoms with van der Waals surface area (Å²) in [5, 5.41) is 15.1. The van der Waals surface area contributed by atoms with Crippen molar-refractivity contribution in [2.45, 2.75) is 46.7 Å². The number of rotatable bonds is 6. The zero-order valence-electron chi connectivity index (χ0n) is 13.6. The first-order chi connectivity index (χ1) is 10.5. The lowest BCUT2D eigenvalue weighted by Crippen LogP contribution is -2.38. The molecule has 0 aliphatic rings. The van der Waals surface area contributed by atoms with E-state index in [-0.39, 0.29) is 18.5 Å². The van der Waals surface area contributed by atoms with Crippen LogP contribution in [0.2, 0.25) is 0 Å². The van der Waals surface area contributed by atoms with Crippen LogP contribution in [0.4, 0.5) is 0 Å². The molecule has 0 saturated heterocycles. The van der Waals surface area contributed by atoms with Crippen molar-refractivity contribution in [1.29, 1.82) is 0 Å². The SMILES string of the molecule is CCc1ccc(-c2nnn(CC(=O)N[C@@H](C)C(C)C)n2)cc1. The minimum Gasteiger partial charge on any atom is -0.352 e. The van der Waals surface area contributed by atoms with Crippen LogP contribution in [0.1, 0.15) is 33.3 Å². The molecule has 1 amide bonds. The monoisotopic (exact) mass is 301 g/mol. The van der Waals surface area contributed by atoms with Crippen LogP contribution in [0, 0.1) is 5.92 Å². The number of benzene rings is 1. The van der Waals surface area contributed by atoms with E-state index in [1.54, 1.807) is 0 Å². The first-order valence-electron chi connectivity index (χ1n) is 7.66. The third kappa shape index (κ3) is 4.13. The van der Waals surface area contributed by atoms with E-state index in [0.717, 1.165) is 12.0 Å². The Morgan fingerprint density at radius 3 is 2.50 bits per heavy atom. The first-order valence-corrected chi connectivity index (χ1v) is 7.66. The van der Waals surface area contributed by atoms with E-state index in [9.17, 15) is 4.79 Å². The lowest BCUT2D eigenvalue weighted by atomic mass is 10.1. The van der Waals surface area contributed by atoms with Crippen LogP contribution in [-0.4, -0.2) is 32.2 Å². The fraction of sp³-hybridized carbons (Fsp3) is 0.500. The zero-order chi connectivity index (χ0) is 16.1. The molecule has 0 unspecified atom stereocenters. The molecule has 0 saturated carbocycles. The summed E-state index contributed by atoms with van der Waals surface area (Å²) in [5.41, 5.74) is 2.16. The Hall–Kier alpha value is -2.24. The molecule has 1 N–H and O–H groups in total. The molecule has 1 aromatic heterocycles. The van der Waals surface area contributed by atoms with Gasteiger partial charge >= 0.3 is 0 Å². The maximum atomic E-state index is 11.9. The molecule has 2 rings (SSSR count). The number of hydrogen-bond donors (Lipinski definition) is 1. The van der Waals surface area contributed by atoms with Crippen molar-refractivity contribution in [3.8, 4) is 11.4 Å². The number of aryl methyl sites for hydroxylation is 1. The minimum absolute atomic E-state index is 0.0805. The van der Waals surface area contributed by atoms with E-state index >= 15 is 0 Å². The number of carbonyl (C=O) groups excluding carboxylic acids is 1. The Morgan fingerprint density at radius 1 is 1.23 bits per heavy atom. The van der Waals surface area contributed by atoms with Gasteiger partial charge in [-0.25, -0.2) is 0 Å². The zero-order valence-corrected chi connectivity index (χ0v) is 13.6. The third-order valence-electron chi connectivity index (χ3n) is 3.75. The smallest absolute Gasteiger partial charge is 0.243 e.